The molecule has 112 valence electrons. The number of aryl methyl sites for hydroxylation is 1. The van der Waals surface area contributed by atoms with Gasteiger partial charge in [-0.05, 0) is 24.6 Å². The number of rotatable bonds is 5. The Balaban J connectivity index is 1.90. The molecule has 2 aromatic heterocycles. The molecule has 2 heterocycles. The second-order valence-electron chi connectivity index (χ2n) is 5.00. The number of carboxylic acid groups (broad SMARTS) is 1. The van der Waals surface area contributed by atoms with Gasteiger partial charge in [0.25, 0.3) is 0 Å². The van der Waals surface area contributed by atoms with E-state index in [9.17, 15) is 4.79 Å². The lowest BCUT2D eigenvalue weighted by molar-refractivity contribution is -0.137. The molecular formula is C16H15N3O2S. The normalized spacial score (nSPS) is 11.0. The molecule has 0 saturated carbocycles. The summed E-state index contributed by atoms with van der Waals surface area (Å²) in [6.07, 6.45) is 1.65. The van der Waals surface area contributed by atoms with Gasteiger partial charge in [-0.15, -0.1) is 0 Å². The second-order valence-corrected chi connectivity index (χ2v) is 5.94. The Labute approximate surface area is 132 Å². The van der Waals surface area contributed by atoms with Gasteiger partial charge >= 0.3 is 5.97 Å². The molecule has 0 aliphatic carbocycles. The molecule has 0 atom stereocenters. The van der Waals surface area contributed by atoms with E-state index in [1.54, 1.807) is 16.8 Å². The van der Waals surface area contributed by atoms with Crippen LogP contribution in [-0.4, -0.2) is 25.6 Å². The Morgan fingerprint density at radius 2 is 2.18 bits per heavy atom. The Bertz CT molecular complexity index is 829. The minimum absolute atomic E-state index is 0.135. The number of hydrogen-bond donors (Lipinski definition) is 1. The third-order valence-corrected chi connectivity index (χ3v) is 4.26. The Morgan fingerprint density at radius 1 is 1.32 bits per heavy atom. The van der Waals surface area contributed by atoms with Crippen LogP contribution in [0.25, 0.3) is 11.2 Å². The molecule has 0 aliphatic heterocycles. The van der Waals surface area contributed by atoms with E-state index in [2.05, 4.69) is 35.1 Å². The van der Waals surface area contributed by atoms with Gasteiger partial charge in [-0.1, -0.05) is 41.6 Å². The highest BCUT2D eigenvalue weighted by Gasteiger charge is 2.14. The highest BCUT2D eigenvalue weighted by atomic mass is 32.2. The van der Waals surface area contributed by atoms with Crippen LogP contribution in [0.4, 0.5) is 0 Å². The first-order chi connectivity index (χ1) is 10.6. The van der Waals surface area contributed by atoms with Crippen molar-refractivity contribution in [3.05, 3.63) is 53.7 Å². The lowest BCUT2D eigenvalue weighted by atomic mass is 10.2. The Morgan fingerprint density at radius 3 is 2.95 bits per heavy atom. The van der Waals surface area contributed by atoms with Crippen LogP contribution in [0, 0.1) is 6.92 Å². The second kappa shape index (κ2) is 6.19. The van der Waals surface area contributed by atoms with Gasteiger partial charge in [0.05, 0.1) is 0 Å². The number of aromatic nitrogens is 3. The van der Waals surface area contributed by atoms with Crippen LogP contribution in [0.15, 0.2) is 47.8 Å². The summed E-state index contributed by atoms with van der Waals surface area (Å²) in [5.74, 6) is -0.160. The largest absolute Gasteiger partial charge is 0.480 e. The van der Waals surface area contributed by atoms with E-state index in [0.29, 0.717) is 10.8 Å². The number of imidazole rings is 1. The zero-order chi connectivity index (χ0) is 15.5. The molecule has 0 bridgehead atoms. The SMILES string of the molecule is Cc1cccc(CSc2nc3cccnc3n2CC(=O)O)c1. The maximum Gasteiger partial charge on any atom is 0.323 e. The van der Waals surface area contributed by atoms with E-state index in [0.717, 1.165) is 11.3 Å². The molecular weight excluding hydrogens is 298 g/mol. The van der Waals surface area contributed by atoms with Gasteiger partial charge in [0.15, 0.2) is 10.8 Å². The summed E-state index contributed by atoms with van der Waals surface area (Å²) < 4.78 is 1.65. The molecule has 5 nitrogen and oxygen atoms in total. The molecule has 0 amide bonds. The third-order valence-electron chi connectivity index (χ3n) is 3.21. The lowest BCUT2D eigenvalue weighted by Gasteiger charge is -2.06. The number of hydrogen-bond acceptors (Lipinski definition) is 4. The number of benzene rings is 1. The van der Waals surface area contributed by atoms with Crippen molar-refractivity contribution in [1.29, 1.82) is 0 Å². The average Bonchev–Trinajstić information content (AvgIpc) is 2.83. The smallest absolute Gasteiger partial charge is 0.323 e. The molecule has 1 aromatic carbocycles. The predicted molar refractivity (Wildman–Crippen MR) is 85.9 cm³/mol. The highest BCUT2D eigenvalue weighted by molar-refractivity contribution is 7.98. The summed E-state index contributed by atoms with van der Waals surface area (Å²) in [4.78, 5) is 19.8. The number of carbonyl (C=O) groups is 1. The summed E-state index contributed by atoms with van der Waals surface area (Å²) in [7, 11) is 0. The maximum absolute atomic E-state index is 11.1. The summed E-state index contributed by atoms with van der Waals surface area (Å²) in [5.41, 5.74) is 3.72. The van der Waals surface area contributed by atoms with Crippen LogP contribution < -0.4 is 0 Å². The molecule has 22 heavy (non-hydrogen) atoms. The molecule has 0 radical (unpaired) electrons. The van der Waals surface area contributed by atoms with E-state index in [1.807, 2.05) is 12.1 Å². The molecule has 3 rings (SSSR count). The topological polar surface area (TPSA) is 68.0 Å². The maximum atomic E-state index is 11.1. The van der Waals surface area contributed by atoms with E-state index >= 15 is 0 Å². The minimum atomic E-state index is -0.901. The molecule has 0 spiro atoms. The van der Waals surface area contributed by atoms with Crippen molar-refractivity contribution >= 4 is 28.9 Å². The van der Waals surface area contributed by atoms with Gasteiger partial charge in [-0.2, -0.15) is 0 Å². The van der Waals surface area contributed by atoms with Crippen LogP contribution in [0.3, 0.4) is 0 Å². The highest BCUT2D eigenvalue weighted by Crippen LogP contribution is 2.26. The molecule has 3 aromatic rings. The first-order valence-corrected chi connectivity index (χ1v) is 7.83. The summed E-state index contributed by atoms with van der Waals surface area (Å²) >= 11 is 1.53. The molecule has 6 heteroatoms. The van der Waals surface area contributed by atoms with Gasteiger partial charge < -0.3 is 5.11 Å². The fourth-order valence-corrected chi connectivity index (χ4v) is 3.22. The summed E-state index contributed by atoms with van der Waals surface area (Å²) in [6, 6.07) is 11.9. The van der Waals surface area contributed by atoms with Crippen LogP contribution >= 0.6 is 11.8 Å². The number of carboxylic acids is 1. The van der Waals surface area contributed by atoms with Crippen molar-refractivity contribution < 1.29 is 9.90 Å². The molecule has 1 N–H and O–H groups in total. The van der Waals surface area contributed by atoms with Gasteiger partial charge in [-0.3, -0.25) is 9.36 Å². The standard InChI is InChI=1S/C16H15N3O2S/c1-11-4-2-5-12(8-11)10-22-16-18-13-6-3-7-17-15(13)19(16)9-14(20)21/h2-8H,9-10H2,1H3,(H,20,21). The predicted octanol–water partition coefficient (Wildman–Crippen LogP) is 3.12. The first-order valence-electron chi connectivity index (χ1n) is 6.85. The van der Waals surface area contributed by atoms with Crippen molar-refractivity contribution in [2.45, 2.75) is 24.4 Å². The summed E-state index contributed by atoms with van der Waals surface area (Å²) in [6.45, 7) is 1.92. The van der Waals surface area contributed by atoms with Crippen LogP contribution in [0.2, 0.25) is 0 Å². The fraction of sp³-hybridized carbons (Fsp3) is 0.188. The minimum Gasteiger partial charge on any atom is -0.480 e. The van der Waals surface area contributed by atoms with Crippen LogP contribution in [-0.2, 0) is 17.1 Å². The quantitative estimate of drug-likeness (QED) is 0.733. The fourth-order valence-electron chi connectivity index (χ4n) is 2.28. The van der Waals surface area contributed by atoms with Crippen molar-refractivity contribution in [2.24, 2.45) is 0 Å². The molecule has 0 unspecified atom stereocenters. The van der Waals surface area contributed by atoms with Crippen LogP contribution in [0.1, 0.15) is 11.1 Å². The van der Waals surface area contributed by atoms with Crippen molar-refractivity contribution in [2.75, 3.05) is 0 Å². The Hall–Kier alpha value is -2.34. The number of fused-ring (bicyclic) bond motifs is 1. The lowest BCUT2D eigenvalue weighted by Crippen LogP contribution is -2.10. The molecule has 0 aliphatic rings. The van der Waals surface area contributed by atoms with Crippen molar-refractivity contribution in [1.82, 2.24) is 14.5 Å². The molecule has 0 saturated heterocycles. The van der Waals surface area contributed by atoms with Gasteiger partial charge in [-0.25, -0.2) is 9.97 Å². The van der Waals surface area contributed by atoms with Crippen LogP contribution in [0.5, 0.6) is 0 Å². The van der Waals surface area contributed by atoms with E-state index in [1.165, 1.54) is 22.9 Å². The number of aliphatic carboxylic acids is 1. The monoisotopic (exact) mass is 313 g/mol. The zero-order valence-electron chi connectivity index (χ0n) is 12.1. The Kier molecular flexibility index (Phi) is 4.11. The van der Waals surface area contributed by atoms with Crippen molar-refractivity contribution in [3.8, 4) is 0 Å². The number of nitrogens with zero attached hydrogens (tertiary/aromatic N) is 3. The number of thioether (sulfide) groups is 1. The summed E-state index contributed by atoms with van der Waals surface area (Å²) in [5, 5.41) is 9.78. The first kappa shape index (κ1) is 14.6. The van der Waals surface area contributed by atoms with Crippen molar-refractivity contribution in [3.63, 3.8) is 0 Å². The number of pyridine rings is 1. The third kappa shape index (κ3) is 3.12. The van der Waals surface area contributed by atoms with E-state index < -0.39 is 5.97 Å². The van der Waals surface area contributed by atoms with Gasteiger partial charge in [0.1, 0.15) is 12.1 Å². The van der Waals surface area contributed by atoms with E-state index in [-0.39, 0.29) is 6.54 Å². The average molecular weight is 313 g/mol. The van der Waals surface area contributed by atoms with Gasteiger partial charge in [0.2, 0.25) is 0 Å². The molecule has 0 fully saturated rings. The van der Waals surface area contributed by atoms with Gasteiger partial charge in [0, 0.05) is 11.9 Å². The van der Waals surface area contributed by atoms with E-state index in [4.69, 9.17) is 5.11 Å². The zero-order valence-corrected chi connectivity index (χ0v) is 12.9.